The number of ether oxygens (including phenoxy) is 1. The van der Waals surface area contributed by atoms with E-state index < -0.39 is 24.4 Å². The third kappa shape index (κ3) is 3.67. The lowest BCUT2D eigenvalue weighted by Gasteiger charge is -2.15. The van der Waals surface area contributed by atoms with Crippen molar-refractivity contribution in [1.29, 1.82) is 0 Å². The lowest BCUT2D eigenvalue weighted by molar-refractivity contribution is -0.125. The zero-order chi connectivity index (χ0) is 19.5. The largest absolute Gasteiger partial charge is 0.459 e. The van der Waals surface area contributed by atoms with Gasteiger partial charge in [0.05, 0.1) is 6.26 Å². The van der Waals surface area contributed by atoms with E-state index in [-0.39, 0.29) is 5.76 Å². The van der Waals surface area contributed by atoms with Crippen molar-refractivity contribution in [3.8, 4) is 10.4 Å². The standard InChI is InChI=1S/C20H16N2O5S/c23-17(21-22-19(24)15-6-3-9-26-15)11-27-20(25)16-10-13-8-7-12-4-1-2-5-14(12)18(13)28-16/h1-6,9-10H,7-8,11H2,(H,21,23)(H,22,24). The highest BCUT2D eigenvalue weighted by atomic mass is 32.1. The number of hydrogen-bond donors (Lipinski definition) is 2. The lowest BCUT2D eigenvalue weighted by atomic mass is 9.91. The molecule has 2 N–H and O–H groups in total. The van der Waals surface area contributed by atoms with Gasteiger partial charge >= 0.3 is 11.9 Å². The van der Waals surface area contributed by atoms with Crippen LogP contribution in [0.4, 0.5) is 0 Å². The Morgan fingerprint density at radius 1 is 1.04 bits per heavy atom. The molecule has 1 aliphatic carbocycles. The number of nitrogens with one attached hydrogen (secondary N) is 2. The summed E-state index contributed by atoms with van der Waals surface area (Å²) >= 11 is 1.37. The Morgan fingerprint density at radius 2 is 1.86 bits per heavy atom. The van der Waals surface area contributed by atoms with Crippen molar-refractivity contribution in [2.45, 2.75) is 12.8 Å². The molecular formula is C20H16N2O5S. The number of hydrazine groups is 1. The minimum Gasteiger partial charge on any atom is -0.459 e. The highest BCUT2D eigenvalue weighted by molar-refractivity contribution is 7.17. The van der Waals surface area contributed by atoms with Crippen molar-refractivity contribution in [1.82, 2.24) is 10.9 Å². The molecule has 8 heteroatoms. The maximum atomic E-state index is 12.3. The van der Waals surface area contributed by atoms with E-state index in [1.165, 1.54) is 29.2 Å². The maximum Gasteiger partial charge on any atom is 0.348 e. The van der Waals surface area contributed by atoms with Gasteiger partial charge < -0.3 is 9.15 Å². The van der Waals surface area contributed by atoms with Crippen molar-refractivity contribution >= 4 is 29.1 Å². The first-order valence-electron chi connectivity index (χ1n) is 8.62. The number of hydrogen-bond acceptors (Lipinski definition) is 6. The summed E-state index contributed by atoms with van der Waals surface area (Å²) in [4.78, 5) is 37.3. The average molecular weight is 396 g/mol. The van der Waals surface area contributed by atoms with Gasteiger partial charge in [-0.1, -0.05) is 24.3 Å². The van der Waals surface area contributed by atoms with Crippen LogP contribution < -0.4 is 10.9 Å². The van der Waals surface area contributed by atoms with Gasteiger partial charge in [-0.2, -0.15) is 0 Å². The van der Waals surface area contributed by atoms with Gasteiger partial charge in [0.1, 0.15) is 4.88 Å². The molecule has 0 spiro atoms. The Labute approximate surface area is 164 Å². The smallest absolute Gasteiger partial charge is 0.348 e. The minimum atomic E-state index is -0.653. The zero-order valence-corrected chi connectivity index (χ0v) is 15.5. The average Bonchev–Trinajstić information content (AvgIpc) is 3.40. The fraction of sp³-hybridized carbons (Fsp3) is 0.150. The first-order chi connectivity index (χ1) is 13.6. The van der Waals surface area contributed by atoms with E-state index in [4.69, 9.17) is 9.15 Å². The van der Waals surface area contributed by atoms with Gasteiger partial charge in [0.2, 0.25) is 0 Å². The Morgan fingerprint density at radius 3 is 2.68 bits per heavy atom. The van der Waals surface area contributed by atoms with Crippen LogP contribution in [0.5, 0.6) is 0 Å². The predicted octanol–water partition coefficient (Wildman–Crippen LogP) is 2.72. The van der Waals surface area contributed by atoms with Gasteiger partial charge in [-0.15, -0.1) is 11.3 Å². The Hall–Kier alpha value is -3.39. The number of aryl methyl sites for hydroxylation is 2. The van der Waals surface area contributed by atoms with Crippen molar-refractivity contribution in [2.24, 2.45) is 0 Å². The highest BCUT2D eigenvalue weighted by Crippen LogP contribution is 2.39. The third-order valence-corrected chi connectivity index (χ3v) is 5.52. The van der Waals surface area contributed by atoms with Crippen LogP contribution in [0.15, 0.2) is 53.1 Å². The first kappa shape index (κ1) is 18.0. The molecule has 0 saturated heterocycles. The number of amides is 2. The van der Waals surface area contributed by atoms with Gasteiger partial charge in [-0.25, -0.2) is 4.79 Å². The van der Waals surface area contributed by atoms with Crippen molar-refractivity contribution in [3.63, 3.8) is 0 Å². The maximum absolute atomic E-state index is 12.3. The fourth-order valence-corrected chi connectivity index (χ4v) is 4.17. The monoisotopic (exact) mass is 396 g/mol. The van der Waals surface area contributed by atoms with Crippen LogP contribution in [-0.4, -0.2) is 24.4 Å². The van der Waals surface area contributed by atoms with Crippen LogP contribution in [0.3, 0.4) is 0 Å². The topological polar surface area (TPSA) is 97.6 Å². The van der Waals surface area contributed by atoms with E-state index in [0.717, 1.165) is 28.8 Å². The highest BCUT2D eigenvalue weighted by Gasteiger charge is 2.22. The van der Waals surface area contributed by atoms with Crippen LogP contribution in [0, 0.1) is 0 Å². The molecule has 2 aromatic heterocycles. The van der Waals surface area contributed by atoms with Crippen molar-refractivity contribution in [3.05, 3.63) is 70.5 Å². The number of fused-ring (bicyclic) bond motifs is 3. The summed E-state index contributed by atoms with van der Waals surface area (Å²) in [6.07, 6.45) is 3.15. The minimum absolute atomic E-state index is 0.0572. The molecule has 0 unspecified atom stereocenters. The Bertz CT molecular complexity index is 1040. The molecule has 0 saturated carbocycles. The van der Waals surface area contributed by atoms with Crippen LogP contribution in [-0.2, 0) is 22.4 Å². The molecule has 3 aromatic rings. The van der Waals surface area contributed by atoms with Crippen molar-refractivity contribution < 1.29 is 23.5 Å². The second-order valence-corrected chi connectivity index (χ2v) is 7.23. The van der Waals surface area contributed by atoms with E-state index in [1.807, 2.05) is 24.3 Å². The predicted molar refractivity (Wildman–Crippen MR) is 102 cm³/mol. The summed E-state index contributed by atoms with van der Waals surface area (Å²) in [7, 11) is 0. The first-order valence-corrected chi connectivity index (χ1v) is 9.44. The van der Waals surface area contributed by atoms with Gasteiger partial charge in [-0.3, -0.25) is 20.4 Å². The summed E-state index contributed by atoms with van der Waals surface area (Å²) in [6, 6.07) is 13.0. The zero-order valence-electron chi connectivity index (χ0n) is 14.7. The van der Waals surface area contributed by atoms with Crippen LogP contribution in [0.2, 0.25) is 0 Å². The van der Waals surface area contributed by atoms with Gasteiger partial charge in [-0.05, 0) is 47.7 Å². The number of rotatable bonds is 4. The van der Waals surface area contributed by atoms with Crippen molar-refractivity contribution in [2.75, 3.05) is 6.61 Å². The number of thiophene rings is 1. The van der Waals surface area contributed by atoms with E-state index in [0.29, 0.717) is 4.88 Å². The van der Waals surface area contributed by atoms with Crippen LogP contribution in [0.1, 0.15) is 31.4 Å². The molecule has 1 aliphatic rings. The molecule has 0 atom stereocenters. The molecule has 4 rings (SSSR count). The molecule has 28 heavy (non-hydrogen) atoms. The van der Waals surface area contributed by atoms with Crippen LogP contribution in [0.25, 0.3) is 10.4 Å². The Kier molecular flexibility index (Phi) is 4.94. The van der Waals surface area contributed by atoms with Gasteiger partial charge in [0.25, 0.3) is 5.91 Å². The van der Waals surface area contributed by atoms with E-state index in [1.54, 1.807) is 6.07 Å². The van der Waals surface area contributed by atoms with Gasteiger partial charge in [0, 0.05) is 4.88 Å². The van der Waals surface area contributed by atoms with Crippen LogP contribution >= 0.6 is 11.3 Å². The number of benzene rings is 1. The summed E-state index contributed by atoms with van der Waals surface area (Å²) in [6.45, 7) is -0.504. The summed E-state index contributed by atoms with van der Waals surface area (Å²) in [5, 5.41) is 0. The number of furan rings is 1. The summed E-state index contributed by atoms with van der Waals surface area (Å²) < 4.78 is 9.96. The molecule has 0 aliphatic heterocycles. The second-order valence-electron chi connectivity index (χ2n) is 6.18. The fourth-order valence-electron chi connectivity index (χ4n) is 3.01. The normalized spacial score (nSPS) is 11.9. The van der Waals surface area contributed by atoms with E-state index in [9.17, 15) is 14.4 Å². The number of esters is 1. The lowest BCUT2D eigenvalue weighted by Crippen LogP contribution is -2.43. The number of carbonyl (C=O) groups is 3. The van der Waals surface area contributed by atoms with E-state index >= 15 is 0 Å². The number of carbonyl (C=O) groups excluding carboxylic acids is 3. The summed E-state index contributed by atoms with van der Waals surface area (Å²) in [5.74, 6) is -1.76. The molecular weight excluding hydrogens is 380 g/mol. The molecule has 0 bridgehead atoms. The SMILES string of the molecule is O=C(COC(=O)c1cc2c(s1)-c1ccccc1CC2)NNC(=O)c1ccco1. The summed E-state index contributed by atoms with van der Waals surface area (Å²) in [5.41, 5.74) is 7.87. The quantitative estimate of drug-likeness (QED) is 0.522. The third-order valence-electron chi connectivity index (χ3n) is 4.33. The molecule has 2 amide bonds. The molecule has 142 valence electrons. The molecule has 1 aromatic carbocycles. The van der Waals surface area contributed by atoms with E-state index in [2.05, 4.69) is 16.9 Å². The molecule has 0 radical (unpaired) electrons. The molecule has 0 fully saturated rings. The molecule has 7 nitrogen and oxygen atoms in total. The Balaban J connectivity index is 1.33. The molecule has 2 heterocycles. The second kappa shape index (κ2) is 7.69. The van der Waals surface area contributed by atoms with Gasteiger partial charge in [0.15, 0.2) is 12.4 Å².